The van der Waals surface area contributed by atoms with Gasteiger partial charge < -0.3 is 16.4 Å². The molecule has 0 spiro atoms. The number of aliphatic hydroxyl groups excluding tert-OH is 4. The van der Waals surface area contributed by atoms with Crippen molar-refractivity contribution in [3.05, 3.63) is 0 Å². The molecule has 1 fully saturated rings. The first-order valence-corrected chi connectivity index (χ1v) is 5.89. The van der Waals surface area contributed by atoms with E-state index in [1.165, 1.54) is 0 Å². The molecule has 0 aromatic rings. The van der Waals surface area contributed by atoms with E-state index in [1.54, 1.807) is 0 Å². The normalized spacial score (nSPS) is 27.0. The number of hydrogen-bond donors (Lipinski definition) is 4. The molecule has 0 aliphatic carbocycles. The molecule has 0 aromatic carbocycles. The zero-order chi connectivity index (χ0) is 9.84. The summed E-state index contributed by atoms with van der Waals surface area (Å²) in [6.45, 7) is -0.891. The molecule has 4 unspecified atom stereocenters. The Bertz CT molecular complexity index is 143. The fourth-order valence-electron chi connectivity index (χ4n) is 1.03. The van der Waals surface area contributed by atoms with Crippen molar-refractivity contribution >= 4 is 22.5 Å². The summed E-state index contributed by atoms with van der Waals surface area (Å²) in [5, 5.41) is 35.8. The third-order valence-corrected chi connectivity index (χ3v) is 3.67. The SMILES string of the molecule is O.O.O.OCC(O)C1[O][Sb][O]C1C(O)CO. The third-order valence-electron chi connectivity index (χ3n) is 1.79. The number of aliphatic hydroxyl groups is 4. The van der Waals surface area contributed by atoms with Crippen LogP contribution >= 0.6 is 0 Å². The second kappa shape index (κ2) is 10.6. The fourth-order valence-corrected chi connectivity index (χ4v) is 3.23. The van der Waals surface area contributed by atoms with Crippen LogP contribution in [0.25, 0.3) is 0 Å². The van der Waals surface area contributed by atoms with E-state index >= 15 is 0 Å². The monoisotopic (exact) mass is 355 g/mol. The van der Waals surface area contributed by atoms with Crippen molar-refractivity contribution in [2.75, 3.05) is 13.2 Å². The zero-order valence-corrected chi connectivity index (χ0v) is 10.8. The van der Waals surface area contributed by atoms with Crippen LogP contribution in [0.1, 0.15) is 0 Å². The van der Waals surface area contributed by atoms with Crippen molar-refractivity contribution in [2.24, 2.45) is 0 Å². The van der Waals surface area contributed by atoms with Crippen molar-refractivity contribution in [3.63, 3.8) is 0 Å². The Balaban J connectivity index is -0.000000563. The molecule has 0 aromatic heterocycles. The average molecular weight is 356 g/mol. The Kier molecular flexibility index (Phi) is 14.4. The van der Waals surface area contributed by atoms with Gasteiger partial charge in [0.25, 0.3) is 0 Å². The first-order chi connectivity index (χ1) is 6.20. The molecule has 1 saturated heterocycles. The van der Waals surface area contributed by atoms with Gasteiger partial charge in [0.1, 0.15) is 0 Å². The van der Waals surface area contributed by atoms with Gasteiger partial charge in [0, 0.05) is 0 Å². The molecular formula is C6H18O9Sb. The molecular weight excluding hydrogens is 338 g/mol. The molecule has 10 N–H and O–H groups in total. The van der Waals surface area contributed by atoms with Crippen LogP contribution in [-0.4, -0.2) is 96.9 Å². The first kappa shape index (κ1) is 21.7. The zero-order valence-electron chi connectivity index (χ0n) is 8.28. The summed E-state index contributed by atoms with van der Waals surface area (Å²) >= 11 is -1.29. The van der Waals surface area contributed by atoms with Crippen molar-refractivity contribution in [1.82, 2.24) is 0 Å². The van der Waals surface area contributed by atoms with E-state index in [1.807, 2.05) is 0 Å². The molecule has 4 atom stereocenters. The maximum absolute atomic E-state index is 9.25. The Morgan fingerprint density at radius 3 is 1.44 bits per heavy atom. The molecule has 1 aliphatic heterocycles. The van der Waals surface area contributed by atoms with Gasteiger partial charge in [0.2, 0.25) is 0 Å². The van der Waals surface area contributed by atoms with Crippen LogP contribution in [0.5, 0.6) is 0 Å². The van der Waals surface area contributed by atoms with Gasteiger partial charge in [-0.05, 0) is 0 Å². The molecule has 16 heavy (non-hydrogen) atoms. The molecule has 0 bridgehead atoms. The summed E-state index contributed by atoms with van der Waals surface area (Å²) in [7, 11) is 0. The minimum atomic E-state index is -1.29. The standard InChI is InChI=1S/C6H12O6.3H2O.Sb/c7-1-3(9)5(11)6(12)4(10)2-8;;;;/h3-10H,1-2H2;3*1H2;/q-2;;;;+2. The van der Waals surface area contributed by atoms with Crippen LogP contribution in [0.4, 0.5) is 0 Å². The Morgan fingerprint density at radius 1 is 0.875 bits per heavy atom. The predicted octanol–water partition coefficient (Wildman–Crippen LogP) is -5.46. The Hall–Kier alpha value is 0.458. The third kappa shape index (κ3) is 5.19. The quantitative estimate of drug-likeness (QED) is 0.363. The number of hydrogen-bond acceptors (Lipinski definition) is 6. The fraction of sp³-hybridized carbons (Fsp3) is 1.00. The van der Waals surface area contributed by atoms with Crippen LogP contribution < -0.4 is 0 Å². The van der Waals surface area contributed by atoms with Gasteiger partial charge in [-0.2, -0.15) is 0 Å². The molecule has 101 valence electrons. The van der Waals surface area contributed by atoms with Gasteiger partial charge in [0.05, 0.1) is 0 Å². The molecule has 1 aliphatic rings. The molecule has 10 heteroatoms. The molecule has 1 heterocycles. The van der Waals surface area contributed by atoms with Gasteiger partial charge in [0.15, 0.2) is 0 Å². The van der Waals surface area contributed by atoms with Crippen molar-refractivity contribution < 1.29 is 42.9 Å². The minimum absolute atomic E-state index is 0. The van der Waals surface area contributed by atoms with Crippen LogP contribution in [0.2, 0.25) is 0 Å². The molecule has 0 amide bonds. The maximum atomic E-state index is 9.25. The molecule has 0 saturated carbocycles. The van der Waals surface area contributed by atoms with Crippen molar-refractivity contribution in [1.29, 1.82) is 0 Å². The van der Waals surface area contributed by atoms with E-state index in [2.05, 4.69) is 0 Å². The van der Waals surface area contributed by atoms with Gasteiger partial charge in [-0.25, -0.2) is 0 Å². The summed E-state index contributed by atoms with van der Waals surface area (Å²) in [4.78, 5) is 0. The van der Waals surface area contributed by atoms with Gasteiger partial charge >= 0.3 is 86.5 Å². The van der Waals surface area contributed by atoms with Gasteiger partial charge in [-0.3, -0.25) is 0 Å². The first-order valence-electron chi connectivity index (χ1n) is 3.80. The summed E-state index contributed by atoms with van der Waals surface area (Å²) in [5.41, 5.74) is 0. The topological polar surface area (TPSA) is 194 Å². The van der Waals surface area contributed by atoms with E-state index in [0.29, 0.717) is 0 Å². The number of rotatable bonds is 4. The second-order valence-electron chi connectivity index (χ2n) is 2.71. The van der Waals surface area contributed by atoms with E-state index in [4.69, 9.17) is 16.2 Å². The van der Waals surface area contributed by atoms with E-state index in [9.17, 15) is 10.2 Å². The van der Waals surface area contributed by atoms with Crippen LogP contribution in [0, 0.1) is 0 Å². The molecule has 9 nitrogen and oxygen atoms in total. The predicted molar refractivity (Wildman–Crippen MR) is 52.5 cm³/mol. The second-order valence-corrected chi connectivity index (χ2v) is 4.34. The van der Waals surface area contributed by atoms with E-state index < -0.39 is 60.1 Å². The van der Waals surface area contributed by atoms with Crippen LogP contribution in [0.3, 0.4) is 0 Å². The molecule has 1 radical (unpaired) electrons. The van der Waals surface area contributed by atoms with Gasteiger partial charge in [-0.15, -0.1) is 0 Å². The van der Waals surface area contributed by atoms with E-state index in [-0.39, 0.29) is 16.4 Å². The average Bonchev–Trinajstić information content (AvgIpc) is 2.63. The summed E-state index contributed by atoms with van der Waals surface area (Å²) in [6.07, 6.45) is -3.57. The van der Waals surface area contributed by atoms with Gasteiger partial charge in [-0.1, -0.05) is 0 Å². The summed E-state index contributed by atoms with van der Waals surface area (Å²) < 4.78 is 10.2. The summed E-state index contributed by atoms with van der Waals surface area (Å²) in [6, 6.07) is 0. The molecule has 1 rings (SSSR count). The van der Waals surface area contributed by atoms with Crippen LogP contribution in [-0.2, 0) is 6.03 Å². The van der Waals surface area contributed by atoms with E-state index in [0.717, 1.165) is 0 Å². The van der Waals surface area contributed by atoms with Crippen LogP contribution in [0.15, 0.2) is 0 Å². The Labute approximate surface area is 103 Å². The summed E-state index contributed by atoms with van der Waals surface area (Å²) in [5.74, 6) is 0. The van der Waals surface area contributed by atoms with Crippen molar-refractivity contribution in [3.8, 4) is 0 Å². The van der Waals surface area contributed by atoms with Crippen molar-refractivity contribution in [2.45, 2.75) is 24.4 Å². The Morgan fingerprint density at radius 2 is 1.19 bits per heavy atom.